The summed E-state index contributed by atoms with van der Waals surface area (Å²) in [5.74, 6) is 1.78. The van der Waals surface area contributed by atoms with Crippen LogP contribution in [0, 0.1) is 19.8 Å². The molecule has 0 saturated carbocycles. The Hall–Kier alpha value is -1.11. The first-order chi connectivity index (χ1) is 11.1. The molecule has 1 aromatic rings. The molecule has 2 fully saturated rings. The minimum Gasteiger partial charge on any atom is -0.361 e. The van der Waals surface area contributed by atoms with Crippen LogP contribution in [0.3, 0.4) is 0 Å². The maximum atomic E-state index is 12.5. The number of hydrogen-bond acceptors (Lipinski definition) is 5. The van der Waals surface area contributed by atoms with Crippen LogP contribution in [0.1, 0.15) is 29.9 Å². The number of nitrogens with zero attached hydrogens (tertiary/aromatic N) is 3. The molecular formula is C17H29ClN4O2. The zero-order valence-corrected chi connectivity index (χ0v) is 15.5. The second-order valence-corrected chi connectivity index (χ2v) is 6.85. The minimum atomic E-state index is 0. The summed E-state index contributed by atoms with van der Waals surface area (Å²) in [5, 5.41) is 7.35. The number of piperazine rings is 1. The predicted molar refractivity (Wildman–Crippen MR) is 95.5 cm³/mol. The molecule has 2 aliphatic rings. The van der Waals surface area contributed by atoms with Crippen LogP contribution in [0.2, 0.25) is 0 Å². The van der Waals surface area contributed by atoms with Crippen molar-refractivity contribution < 1.29 is 9.32 Å². The lowest BCUT2D eigenvalue weighted by atomic mass is 9.97. The van der Waals surface area contributed by atoms with Crippen LogP contribution in [0.25, 0.3) is 0 Å². The second kappa shape index (κ2) is 8.83. The van der Waals surface area contributed by atoms with E-state index in [-0.39, 0.29) is 18.3 Å². The van der Waals surface area contributed by atoms with Crippen molar-refractivity contribution in [2.24, 2.45) is 5.92 Å². The molecule has 1 amide bonds. The molecule has 1 N–H and O–H groups in total. The fourth-order valence-electron chi connectivity index (χ4n) is 3.63. The van der Waals surface area contributed by atoms with E-state index in [0.717, 1.165) is 62.2 Å². The zero-order chi connectivity index (χ0) is 16.2. The smallest absolute Gasteiger partial charge is 0.227 e. The normalized spacial score (nSPS) is 20.0. The van der Waals surface area contributed by atoms with Gasteiger partial charge in [0.2, 0.25) is 5.91 Å². The van der Waals surface area contributed by atoms with Crippen molar-refractivity contribution in [3.05, 3.63) is 17.0 Å². The number of halogens is 1. The van der Waals surface area contributed by atoms with Gasteiger partial charge >= 0.3 is 0 Å². The summed E-state index contributed by atoms with van der Waals surface area (Å²) >= 11 is 0. The van der Waals surface area contributed by atoms with Crippen molar-refractivity contribution in [2.45, 2.75) is 33.1 Å². The summed E-state index contributed by atoms with van der Waals surface area (Å²) in [6.45, 7) is 10.9. The van der Waals surface area contributed by atoms with Gasteiger partial charge in [-0.1, -0.05) is 5.16 Å². The topological polar surface area (TPSA) is 61.6 Å². The van der Waals surface area contributed by atoms with Gasteiger partial charge in [0.25, 0.3) is 0 Å². The van der Waals surface area contributed by atoms with Crippen molar-refractivity contribution in [3.63, 3.8) is 0 Å². The van der Waals surface area contributed by atoms with E-state index in [0.29, 0.717) is 6.42 Å². The quantitative estimate of drug-likeness (QED) is 0.883. The Morgan fingerprint density at radius 1 is 1.21 bits per heavy atom. The first-order valence-corrected chi connectivity index (χ1v) is 8.76. The van der Waals surface area contributed by atoms with Crippen LogP contribution >= 0.6 is 12.4 Å². The average Bonchev–Trinajstić information content (AvgIpc) is 2.88. The number of aryl methyl sites for hydroxylation is 2. The van der Waals surface area contributed by atoms with Crippen LogP contribution in [0.15, 0.2) is 4.52 Å². The Labute approximate surface area is 150 Å². The first-order valence-electron chi connectivity index (χ1n) is 8.76. The van der Waals surface area contributed by atoms with Gasteiger partial charge in [0.15, 0.2) is 0 Å². The van der Waals surface area contributed by atoms with Gasteiger partial charge in [-0.15, -0.1) is 12.4 Å². The molecule has 0 aromatic carbocycles. The van der Waals surface area contributed by atoms with E-state index in [4.69, 9.17) is 4.52 Å². The monoisotopic (exact) mass is 356 g/mol. The summed E-state index contributed by atoms with van der Waals surface area (Å²) < 4.78 is 5.15. The average molecular weight is 357 g/mol. The van der Waals surface area contributed by atoms with Crippen molar-refractivity contribution in [2.75, 3.05) is 45.8 Å². The third-order valence-corrected chi connectivity index (χ3v) is 5.21. The van der Waals surface area contributed by atoms with Gasteiger partial charge < -0.3 is 14.7 Å². The Bertz CT molecular complexity index is 515. The molecule has 7 heteroatoms. The maximum Gasteiger partial charge on any atom is 0.227 e. The van der Waals surface area contributed by atoms with Crippen LogP contribution in [0.5, 0.6) is 0 Å². The Morgan fingerprint density at radius 2 is 1.88 bits per heavy atom. The number of rotatable bonds is 4. The first kappa shape index (κ1) is 19.2. The number of carbonyl (C=O) groups is 1. The highest BCUT2D eigenvalue weighted by Gasteiger charge is 2.25. The summed E-state index contributed by atoms with van der Waals surface area (Å²) in [6, 6.07) is 0. The Balaban J connectivity index is 0.00000208. The number of hydrogen-bond donors (Lipinski definition) is 1. The highest BCUT2D eigenvalue weighted by Crippen LogP contribution is 2.17. The van der Waals surface area contributed by atoms with Gasteiger partial charge in [-0.3, -0.25) is 9.69 Å². The Kier molecular flexibility index (Phi) is 7.07. The molecule has 0 unspecified atom stereocenters. The Morgan fingerprint density at radius 3 is 2.46 bits per heavy atom. The van der Waals surface area contributed by atoms with Crippen LogP contribution in [0.4, 0.5) is 0 Å². The van der Waals surface area contributed by atoms with Gasteiger partial charge in [-0.05, 0) is 45.7 Å². The fourth-order valence-corrected chi connectivity index (χ4v) is 3.63. The SMILES string of the molecule is Cc1noc(C)c1CC(=O)N1CCN(CC2CCNCC2)CC1.Cl. The minimum absolute atomic E-state index is 0. The van der Waals surface area contributed by atoms with Crippen LogP contribution in [-0.4, -0.2) is 66.7 Å². The summed E-state index contributed by atoms with van der Waals surface area (Å²) in [5.41, 5.74) is 1.78. The molecule has 0 spiro atoms. The summed E-state index contributed by atoms with van der Waals surface area (Å²) in [6.07, 6.45) is 2.98. The van der Waals surface area contributed by atoms with Crippen LogP contribution in [-0.2, 0) is 11.2 Å². The molecule has 2 aliphatic heterocycles. The number of aromatic nitrogens is 1. The fraction of sp³-hybridized carbons (Fsp3) is 0.765. The van der Waals surface area contributed by atoms with E-state index in [2.05, 4.69) is 15.4 Å². The molecule has 3 rings (SSSR count). The lowest BCUT2D eigenvalue weighted by molar-refractivity contribution is -0.132. The van der Waals surface area contributed by atoms with E-state index < -0.39 is 0 Å². The summed E-state index contributed by atoms with van der Waals surface area (Å²) in [4.78, 5) is 17.0. The molecule has 6 nitrogen and oxygen atoms in total. The molecule has 136 valence electrons. The predicted octanol–water partition coefficient (Wildman–Crippen LogP) is 1.40. The van der Waals surface area contributed by atoms with Crippen molar-refractivity contribution >= 4 is 18.3 Å². The van der Waals surface area contributed by atoms with Crippen molar-refractivity contribution in [3.8, 4) is 0 Å². The molecule has 2 saturated heterocycles. The van der Waals surface area contributed by atoms with E-state index in [1.54, 1.807) is 0 Å². The number of nitrogens with one attached hydrogen (secondary N) is 1. The maximum absolute atomic E-state index is 12.5. The van der Waals surface area contributed by atoms with Gasteiger partial charge in [0.05, 0.1) is 12.1 Å². The number of piperidine rings is 1. The number of carbonyl (C=O) groups excluding carboxylic acids is 1. The molecule has 24 heavy (non-hydrogen) atoms. The zero-order valence-electron chi connectivity index (χ0n) is 14.7. The van der Waals surface area contributed by atoms with Crippen molar-refractivity contribution in [1.29, 1.82) is 0 Å². The standard InChI is InChI=1S/C17H28N4O2.ClH/c1-13-16(14(2)23-19-13)11-17(22)21-9-7-20(8-10-21)12-15-3-5-18-6-4-15;/h15,18H,3-12H2,1-2H3;1H. The highest BCUT2D eigenvalue weighted by atomic mass is 35.5. The summed E-state index contributed by atoms with van der Waals surface area (Å²) in [7, 11) is 0. The van der Waals surface area contributed by atoms with Gasteiger partial charge in [-0.25, -0.2) is 0 Å². The highest BCUT2D eigenvalue weighted by molar-refractivity contribution is 5.85. The molecule has 0 atom stereocenters. The molecule has 3 heterocycles. The second-order valence-electron chi connectivity index (χ2n) is 6.85. The molecule has 0 radical (unpaired) electrons. The molecule has 0 aliphatic carbocycles. The van der Waals surface area contributed by atoms with E-state index >= 15 is 0 Å². The third-order valence-electron chi connectivity index (χ3n) is 5.21. The lowest BCUT2D eigenvalue weighted by Crippen LogP contribution is -2.50. The molecule has 0 bridgehead atoms. The third kappa shape index (κ3) is 4.71. The van der Waals surface area contributed by atoms with Gasteiger partial charge in [0, 0.05) is 38.3 Å². The van der Waals surface area contributed by atoms with Crippen LogP contribution < -0.4 is 5.32 Å². The van der Waals surface area contributed by atoms with E-state index in [9.17, 15) is 4.79 Å². The molecule has 1 aromatic heterocycles. The van der Waals surface area contributed by atoms with Crippen molar-refractivity contribution in [1.82, 2.24) is 20.3 Å². The lowest BCUT2D eigenvalue weighted by Gasteiger charge is -2.37. The van der Waals surface area contributed by atoms with Gasteiger partial charge in [0.1, 0.15) is 5.76 Å². The largest absolute Gasteiger partial charge is 0.361 e. The van der Waals surface area contributed by atoms with E-state index in [1.165, 1.54) is 19.4 Å². The van der Waals surface area contributed by atoms with Gasteiger partial charge in [-0.2, -0.15) is 0 Å². The molecular weight excluding hydrogens is 328 g/mol. The van der Waals surface area contributed by atoms with E-state index in [1.807, 2.05) is 18.7 Å². The number of amides is 1.